The molecule has 0 saturated heterocycles. The molecule has 2 heterocycles. The zero-order valence-corrected chi connectivity index (χ0v) is 15.0. The van der Waals surface area contributed by atoms with Gasteiger partial charge in [-0.25, -0.2) is 0 Å². The standard InChI is InChI=1S/C18H24N6O2/c19-13-17-21-15(23-25-17)11-9-7-5-3-1-2-4-6-8-10-12-16-22-18(14-20)26-24-16/h1-12H2. The molecule has 2 aromatic rings. The quantitative estimate of drug-likeness (QED) is 0.495. The van der Waals surface area contributed by atoms with Gasteiger partial charge in [0, 0.05) is 12.8 Å². The van der Waals surface area contributed by atoms with Crippen molar-refractivity contribution in [1.29, 1.82) is 10.5 Å². The molecule has 0 unspecified atom stereocenters. The van der Waals surface area contributed by atoms with Crippen molar-refractivity contribution >= 4 is 0 Å². The number of hydrogen-bond acceptors (Lipinski definition) is 8. The molecule has 0 aromatic carbocycles. The largest absolute Gasteiger partial charge is 0.329 e. The van der Waals surface area contributed by atoms with Crippen LogP contribution in [0.1, 0.15) is 87.6 Å². The molecule has 0 aliphatic heterocycles. The second-order valence-electron chi connectivity index (χ2n) is 6.29. The lowest BCUT2D eigenvalue weighted by Crippen LogP contribution is -1.90. The van der Waals surface area contributed by atoms with Crippen molar-refractivity contribution in [1.82, 2.24) is 20.3 Å². The summed E-state index contributed by atoms with van der Waals surface area (Å²) >= 11 is 0. The summed E-state index contributed by atoms with van der Waals surface area (Å²) in [6.07, 6.45) is 13.5. The summed E-state index contributed by atoms with van der Waals surface area (Å²) in [4.78, 5) is 7.94. The molecule has 138 valence electrons. The van der Waals surface area contributed by atoms with Gasteiger partial charge in [-0.1, -0.05) is 61.7 Å². The summed E-state index contributed by atoms with van der Waals surface area (Å²) < 4.78 is 9.50. The van der Waals surface area contributed by atoms with Crippen LogP contribution in [0.4, 0.5) is 0 Å². The van der Waals surface area contributed by atoms with Crippen molar-refractivity contribution in [2.24, 2.45) is 0 Å². The fraction of sp³-hybridized carbons (Fsp3) is 0.667. The molecule has 2 aromatic heterocycles. The molecule has 8 nitrogen and oxygen atoms in total. The summed E-state index contributed by atoms with van der Waals surface area (Å²) in [7, 11) is 0. The van der Waals surface area contributed by atoms with E-state index in [1.165, 1.54) is 38.5 Å². The molecule has 0 spiro atoms. The van der Waals surface area contributed by atoms with Crippen LogP contribution in [0.15, 0.2) is 9.05 Å². The van der Waals surface area contributed by atoms with Crippen LogP contribution in [0, 0.1) is 22.7 Å². The Kier molecular flexibility index (Phi) is 8.85. The summed E-state index contributed by atoms with van der Waals surface area (Å²) in [6.45, 7) is 0. The molecular formula is C18H24N6O2. The first-order chi connectivity index (χ1) is 12.8. The van der Waals surface area contributed by atoms with E-state index in [2.05, 4.69) is 20.3 Å². The molecule has 8 heteroatoms. The topological polar surface area (TPSA) is 125 Å². The molecule has 0 amide bonds. The first-order valence-electron chi connectivity index (χ1n) is 9.27. The highest BCUT2D eigenvalue weighted by Gasteiger charge is 2.05. The summed E-state index contributed by atoms with van der Waals surface area (Å²) in [5.41, 5.74) is 0. The predicted octanol–water partition coefficient (Wildman–Crippen LogP) is 3.88. The number of hydrogen-bond donors (Lipinski definition) is 0. The van der Waals surface area contributed by atoms with E-state index in [0.717, 1.165) is 38.5 Å². The molecule has 0 N–H and O–H groups in total. The number of rotatable bonds is 13. The van der Waals surface area contributed by atoms with Gasteiger partial charge in [0.15, 0.2) is 23.8 Å². The van der Waals surface area contributed by atoms with E-state index in [9.17, 15) is 0 Å². The van der Waals surface area contributed by atoms with Crippen LogP contribution in [-0.4, -0.2) is 20.3 Å². The van der Waals surface area contributed by atoms with Gasteiger partial charge in [-0.05, 0) is 12.8 Å². The maximum atomic E-state index is 8.61. The minimum absolute atomic E-state index is 0.0456. The second kappa shape index (κ2) is 11.8. The minimum atomic E-state index is 0.0456. The van der Waals surface area contributed by atoms with E-state index >= 15 is 0 Å². The molecule has 26 heavy (non-hydrogen) atoms. The van der Waals surface area contributed by atoms with Crippen LogP contribution in [-0.2, 0) is 12.8 Å². The molecule has 0 aliphatic carbocycles. The van der Waals surface area contributed by atoms with Crippen molar-refractivity contribution in [3.8, 4) is 12.1 Å². The molecule has 0 bridgehead atoms. The van der Waals surface area contributed by atoms with E-state index < -0.39 is 0 Å². The smallest absolute Gasteiger partial charge is 0.323 e. The molecule has 0 atom stereocenters. The normalized spacial score (nSPS) is 10.5. The Morgan fingerprint density at radius 3 is 1.23 bits per heavy atom. The molecule has 0 radical (unpaired) electrons. The van der Waals surface area contributed by atoms with E-state index in [0.29, 0.717) is 11.6 Å². The summed E-state index contributed by atoms with van der Waals surface area (Å²) in [5, 5.41) is 24.7. The Hall–Kier alpha value is -2.74. The van der Waals surface area contributed by atoms with Crippen molar-refractivity contribution in [3.05, 3.63) is 23.4 Å². The maximum absolute atomic E-state index is 8.61. The summed E-state index contributed by atoms with van der Waals surface area (Å²) in [6, 6.07) is 3.68. The Morgan fingerprint density at radius 1 is 0.577 bits per heavy atom. The van der Waals surface area contributed by atoms with E-state index in [-0.39, 0.29) is 11.8 Å². The highest BCUT2D eigenvalue weighted by Crippen LogP contribution is 2.12. The van der Waals surface area contributed by atoms with E-state index in [1.54, 1.807) is 0 Å². The molecule has 0 aliphatic rings. The van der Waals surface area contributed by atoms with Gasteiger partial charge in [0.25, 0.3) is 0 Å². The van der Waals surface area contributed by atoms with Crippen molar-refractivity contribution in [3.63, 3.8) is 0 Å². The predicted molar refractivity (Wildman–Crippen MR) is 91.6 cm³/mol. The fourth-order valence-corrected chi connectivity index (χ4v) is 2.78. The number of aryl methyl sites for hydroxylation is 2. The molecule has 0 fully saturated rings. The van der Waals surface area contributed by atoms with Gasteiger partial charge < -0.3 is 9.05 Å². The highest BCUT2D eigenvalue weighted by molar-refractivity contribution is 5.04. The Labute approximate surface area is 153 Å². The van der Waals surface area contributed by atoms with Crippen molar-refractivity contribution in [2.75, 3.05) is 0 Å². The number of aromatic nitrogens is 4. The third-order valence-corrected chi connectivity index (χ3v) is 4.18. The van der Waals surface area contributed by atoms with Crippen LogP contribution in [0.2, 0.25) is 0 Å². The lowest BCUT2D eigenvalue weighted by atomic mass is 10.0. The lowest BCUT2D eigenvalue weighted by Gasteiger charge is -2.02. The van der Waals surface area contributed by atoms with Gasteiger partial charge in [0.2, 0.25) is 0 Å². The Bertz CT molecular complexity index is 662. The van der Waals surface area contributed by atoms with Gasteiger partial charge in [-0.3, -0.25) is 0 Å². The third-order valence-electron chi connectivity index (χ3n) is 4.18. The number of unbranched alkanes of at least 4 members (excludes halogenated alkanes) is 9. The molecule has 2 rings (SSSR count). The second-order valence-corrected chi connectivity index (χ2v) is 6.29. The SMILES string of the molecule is N#Cc1nc(CCCCCCCCCCCCc2noc(C#N)n2)no1. The average molecular weight is 356 g/mol. The lowest BCUT2D eigenvalue weighted by molar-refractivity contribution is 0.398. The average Bonchev–Trinajstić information content (AvgIpc) is 3.31. The van der Waals surface area contributed by atoms with Crippen LogP contribution < -0.4 is 0 Å². The number of nitriles is 2. The number of nitrogens with zero attached hydrogens (tertiary/aromatic N) is 6. The Morgan fingerprint density at radius 2 is 0.923 bits per heavy atom. The maximum Gasteiger partial charge on any atom is 0.329 e. The van der Waals surface area contributed by atoms with E-state index in [1.807, 2.05) is 12.1 Å². The van der Waals surface area contributed by atoms with Gasteiger partial charge >= 0.3 is 11.8 Å². The van der Waals surface area contributed by atoms with Crippen LogP contribution in [0.25, 0.3) is 0 Å². The fourth-order valence-electron chi connectivity index (χ4n) is 2.78. The molecule has 0 saturated carbocycles. The van der Waals surface area contributed by atoms with E-state index in [4.69, 9.17) is 19.6 Å². The monoisotopic (exact) mass is 356 g/mol. The zero-order valence-electron chi connectivity index (χ0n) is 15.0. The third kappa shape index (κ3) is 7.43. The van der Waals surface area contributed by atoms with Gasteiger partial charge in [0.05, 0.1) is 0 Å². The minimum Gasteiger partial charge on any atom is -0.323 e. The van der Waals surface area contributed by atoms with Crippen molar-refractivity contribution < 1.29 is 9.05 Å². The highest BCUT2D eigenvalue weighted by atomic mass is 16.5. The van der Waals surface area contributed by atoms with Gasteiger partial charge in [-0.2, -0.15) is 20.5 Å². The molecular weight excluding hydrogens is 332 g/mol. The zero-order chi connectivity index (χ0) is 18.5. The van der Waals surface area contributed by atoms with Crippen LogP contribution in [0.3, 0.4) is 0 Å². The van der Waals surface area contributed by atoms with Gasteiger partial charge in [0.1, 0.15) is 0 Å². The summed E-state index contributed by atoms with van der Waals surface area (Å²) in [5.74, 6) is 1.35. The van der Waals surface area contributed by atoms with Crippen LogP contribution >= 0.6 is 0 Å². The van der Waals surface area contributed by atoms with Gasteiger partial charge in [-0.15, -0.1) is 0 Å². The first kappa shape index (κ1) is 19.6. The Balaban J connectivity index is 1.35. The van der Waals surface area contributed by atoms with Crippen molar-refractivity contribution in [2.45, 2.75) is 77.0 Å². The van der Waals surface area contributed by atoms with Crippen LogP contribution in [0.5, 0.6) is 0 Å². The first-order valence-corrected chi connectivity index (χ1v) is 9.27.